The fourth-order valence-electron chi connectivity index (χ4n) is 2.79. The Morgan fingerprint density at radius 1 is 1.61 bits per heavy atom. The Kier molecular flexibility index (Phi) is 4.44. The van der Waals surface area contributed by atoms with Gasteiger partial charge in [0.25, 0.3) is 0 Å². The van der Waals surface area contributed by atoms with Crippen LogP contribution in [0.25, 0.3) is 0 Å². The predicted molar refractivity (Wildman–Crippen MR) is 69.3 cm³/mol. The smallest absolute Gasteiger partial charge is 0.150 e. The number of pyridine rings is 1. The highest BCUT2D eigenvalue weighted by molar-refractivity contribution is 5.74. The highest BCUT2D eigenvalue weighted by Gasteiger charge is 2.32. The van der Waals surface area contributed by atoms with Crippen molar-refractivity contribution in [1.29, 1.82) is 0 Å². The van der Waals surface area contributed by atoms with Crippen LogP contribution in [0.4, 0.5) is 0 Å². The van der Waals surface area contributed by atoms with Crippen LogP contribution in [0, 0.1) is 5.92 Å². The van der Waals surface area contributed by atoms with Crippen molar-refractivity contribution in [3.05, 3.63) is 29.6 Å². The number of carbonyl (C=O) groups excluding carboxylic acids is 1. The SMILES string of the molecule is CC[C@H]1CCN(Cc2cc(C=O)ccn2)[C@@H]1CO. The number of aliphatic hydroxyl groups is 1. The summed E-state index contributed by atoms with van der Waals surface area (Å²) in [6.07, 6.45) is 4.74. The summed E-state index contributed by atoms with van der Waals surface area (Å²) in [6, 6.07) is 3.76. The van der Waals surface area contributed by atoms with Crippen molar-refractivity contribution in [2.75, 3.05) is 13.2 Å². The van der Waals surface area contributed by atoms with E-state index in [0.717, 1.165) is 31.4 Å². The van der Waals surface area contributed by atoms with E-state index in [4.69, 9.17) is 0 Å². The van der Waals surface area contributed by atoms with Crippen molar-refractivity contribution in [1.82, 2.24) is 9.88 Å². The third-order valence-electron chi connectivity index (χ3n) is 3.85. The maximum Gasteiger partial charge on any atom is 0.150 e. The zero-order chi connectivity index (χ0) is 13.0. The Morgan fingerprint density at radius 2 is 2.44 bits per heavy atom. The molecule has 18 heavy (non-hydrogen) atoms. The first-order valence-electron chi connectivity index (χ1n) is 6.53. The average Bonchev–Trinajstić information content (AvgIpc) is 2.80. The molecule has 0 saturated carbocycles. The van der Waals surface area contributed by atoms with Gasteiger partial charge in [-0.25, -0.2) is 0 Å². The first-order valence-corrected chi connectivity index (χ1v) is 6.53. The molecular weight excluding hydrogens is 228 g/mol. The quantitative estimate of drug-likeness (QED) is 0.802. The fraction of sp³-hybridized carbons (Fsp3) is 0.571. The van der Waals surface area contributed by atoms with Crippen LogP contribution in [-0.2, 0) is 6.54 Å². The molecule has 4 heteroatoms. The van der Waals surface area contributed by atoms with E-state index in [1.165, 1.54) is 0 Å². The first-order chi connectivity index (χ1) is 8.78. The number of carbonyl (C=O) groups is 1. The average molecular weight is 248 g/mol. The second-order valence-electron chi connectivity index (χ2n) is 4.88. The van der Waals surface area contributed by atoms with Crippen LogP contribution in [0.5, 0.6) is 0 Å². The number of likely N-dealkylation sites (tertiary alicyclic amines) is 1. The van der Waals surface area contributed by atoms with Crippen LogP contribution in [0.1, 0.15) is 35.8 Å². The fourth-order valence-corrected chi connectivity index (χ4v) is 2.79. The molecule has 1 saturated heterocycles. The number of nitrogens with zero attached hydrogens (tertiary/aromatic N) is 2. The van der Waals surface area contributed by atoms with E-state index in [-0.39, 0.29) is 12.6 Å². The molecule has 2 atom stereocenters. The van der Waals surface area contributed by atoms with Crippen molar-refractivity contribution in [3.63, 3.8) is 0 Å². The molecule has 1 fully saturated rings. The molecule has 0 aromatic carbocycles. The Labute approximate surface area is 108 Å². The summed E-state index contributed by atoms with van der Waals surface area (Å²) in [4.78, 5) is 17.3. The molecule has 1 aromatic rings. The van der Waals surface area contributed by atoms with Gasteiger partial charge in [-0.2, -0.15) is 0 Å². The molecule has 0 bridgehead atoms. The Hall–Kier alpha value is -1.26. The molecule has 2 heterocycles. The number of aliphatic hydroxyl groups excluding tert-OH is 1. The van der Waals surface area contributed by atoms with E-state index in [2.05, 4.69) is 16.8 Å². The summed E-state index contributed by atoms with van der Waals surface area (Å²) in [5.41, 5.74) is 1.56. The molecule has 4 nitrogen and oxygen atoms in total. The van der Waals surface area contributed by atoms with E-state index in [9.17, 15) is 9.90 Å². The zero-order valence-corrected chi connectivity index (χ0v) is 10.7. The van der Waals surface area contributed by atoms with Gasteiger partial charge in [0.1, 0.15) is 6.29 Å². The third kappa shape index (κ3) is 2.76. The summed E-state index contributed by atoms with van der Waals surface area (Å²) in [7, 11) is 0. The lowest BCUT2D eigenvalue weighted by atomic mass is 9.98. The topological polar surface area (TPSA) is 53.4 Å². The van der Waals surface area contributed by atoms with Crippen molar-refractivity contribution in [2.24, 2.45) is 5.92 Å². The van der Waals surface area contributed by atoms with Gasteiger partial charge in [-0.15, -0.1) is 0 Å². The van der Waals surface area contributed by atoms with Gasteiger partial charge in [0.15, 0.2) is 0 Å². The van der Waals surface area contributed by atoms with Crippen molar-refractivity contribution in [2.45, 2.75) is 32.4 Å². The van der Waals surface area contributed by atoms with Crippen molar-refractivity contribution < 1.29 is 9.90 Å². The standard InChI is InChI=1S/C14H20N2O2/c1-2-12-4-6-16(14(12)10-18)8-13-7-11(9-17)3-5-15-13/h3,5,7,9,12,14,18H,2,4,6,8,10H2,1H3/t12-,14+/m0/s1. The van der Waals surface area contributed by atoms with E-state index in [1.807, 2.05) is 6.07 Å². The van der Waals surface area contributed by atoms with Crippen molar-refractivity contribution in [3.8, 4) is 0 Å². The Balaban J connectivity index is 2.06. The minimum atomic E-state index is 0.200. The molecule has 0 unspecified atom stereocenters. The summed E-state index contributed by atoms with van der Waals surface area (Å²) in [6.45, 7) is 4.08. The molecule has 0 aliphatic carbocycles. The number of aldehydes is 1. The van der Waals surface area contributed by atoms with Gasteiger partial charge in [-0.3, -0.25) is 14.7 Å². The molecule has 98 valence electrons. The molecule has 1 aliphatic rings. The molecule has 1 N–H and O–H groups in total. The van der Waals surface area contributed by atoms with Gasteiger partial charge >= 0.3 is 0 Å². The van der Waals surface area contributed by atoms with Gasteiger partial charge in [0.05, 0.1) is 12.3 Å². The van der Waals surface area contributed by atoms with Crippen LogP contribution in [0.2, 0.25) is 0 Å². The van der Waals surface area contributed by atoms with Crippen LogP contribution in [0.15, 0.2) is 18.3 Å². The van der Waals surface area contributed by atoms with E-state index >= 15 is 0 Å². The van der Waals surface area contributed by atoms with Crippen LogP contribution in [0.3, 0.4) is 0 Å². The molecule has 0 radical (unpaired) electrons. The second-order valence-corrected chi connectivity index (χ2v) is 4.88. The predicted octanol–water partition coefficient (Wildman–Crippen LogP) is 1.49. The Morgan fingerprint density at radius 3 is 3.11 bits per heavy atom. The second kappa shape index (κ2) is 6.07. The van der Waals surface area contributed by atoms with Gasteiger partial charge in [0.2, 0.25) is 0 Å². The number of hydrogen-bond donors (Lipinski definition) is 1. The monoisotopic (exact) mass is 248 g/mol. The lowest BCUT2D eigenvalue weighted by Crippen LogP contribution is -2.35. The maximum atomic E-state index is 10.7. The van der Waals surface area contributed by atoms with E-state index in [1.54, 1.807) is 12.3 Å². The summed E-state index contributed by atoms with van der Waals surface area (Å²) in [5.74, 6) is 0.573. The summed E-state index contributed by atoms with van der Waals surface area (Å²) < 4.78 is 0. The van der Waals surface area contributed by atoms with Gasteiger partial charge in [-0.1, -0.05) is 13.3 Å². The first kappa shape index (κ1) is 13.2. The van der Waals surface area contributed by atoms with Gasteiger partial charge in [0, 0.05) is 24.3 Å². The van der Waals surface area contributed by atoms with Crippen molar-refractivity contribution >= 4 is 6.29 Å². The lowest BCUT2D eigenvalue weighted by molar-refractivity contribution is 0.112. The molecular formula is C14H20N2O2. The molecule has 1 aromatic heterocycles. The maximum absolute atomic E-state index is 10.7. The molecule has 2 rings (SSSR count). The largest absolute Gasteiger partial charge is 0.395 e. The highest BCUT2D eigenvalue weighted by atomic mass is 16.3. The van der Waals surface area contributed by atoms with Gasteiger partial charge < -0.3 is 5.11 Å². The normalized spacial score (nSPS) is 24.3. The van der Waals surface area contributed by atoms with E-state index < -0.39 is 0 Å². The lowest BCUT2D eigenvalue weighted by Gasteiger charge is -2.25. The molecule has 0 amide bonds. The summed E-state index contributed by atoms with van der Waals surface area (Å²) >= 11 is 0. The van der Waals surface area contributed by atoms with Crippen LogP contribution in [-0.4, -0.2) is 40.5 Å². The molecule has 1 aliphatic heterocycles. The molecule has 0 spiro atoms. The Bertz CT molecular complexity index is 409. The number of rotatable bonds is 5. The highest BCUT2D eigenvalue weighted by Crippen LogP contribution is 2.27. The van der Waals surface area contributed by atoms with Gasteiger partial charge in [-0.05, 0) is 31.0 Å². The summed E-state index contributed by atoms with van der Waals surface area (Å²) in [5, 5.41) is 9.50. The third-order valence-corrected chi connectivity index (χ3v) is 3.85. The van der Waals surface area contributed by atoms with Crippen LogP contribution < -0.4 is 0 Å². The van der Waals surface area contributed by atoms with E-state index in [0.29, 0.717) is 18.0 Å². The zero-order valence-electron chi connectivity index (χ0n) is 10.7. The minimum Gasteiger partial charge on any atom is -0.395 e. The van der Waals surface area contributed by atoms with Crippen LogP contribution >= 0.6 is 0 Å². The minimum absolute atomic E-state index is 0.200. The number of aromatic nitrogens is 1. The number of hydrogen-bond acceptors (Lipinski definition) is 4.